The minimum absolute atomic E-state index is 0.270. The van der Waals surface area contributed by atoms with E-state index in [1.165, 1.54) is 4.90 Å². The summed E-state index contributed by atoms with van der Waals surface area (Å²) in [5, 5.41) is 17.6. The van der Waals surface area contributed by atoms with Gasteiger partial charge in [-0.05, 0) is 34.1 Å². The van der Waals surface area contributed by atoms with Gasteiger partial charge in [-0.1, -0.05) is 19.6 Å². The zero-order chi connectivity index (χ0) is 20.8. The molecule has 11 heteroatoms. The zero-order valence-corrected chi connectivity index (χ0v) is 19.2. The second kappa shape index (κ2) is 7.54. The molecule has 154 valence electrons. The van der Waals surface area contributed by atoms with Gasteiger partial charge in [0.2, 0.25) is 0 Å². The number of aromatic nitrogens is 5. The molecule has 1 amide bonds. The number of aromatic amines is 1. The highest BCUT2D eigenvalue weighted by Crippen LogP contribution is 2.32. The van der Waals surface area contributed by atoms with Gasteiger partial charge in [-0.2, -0.15) is 5.10 Å². The van der Waals surface area contributed by atoms with Crippen LogP contribution in [0, 0.1) is 0 Å². The number of ether oxygens (including phenoxy) is 1. The molecule has 9 nitrogen and oxygen atoms in total. The summed E-state index contributed by atoms with van der Waals surface area (Å²) in [6.45, 7) is 8.47. The molecule has 0 fully saturated rings. The Morgan fingerprint density at radius 2 is 2.10 bits per heavy atom. The van der Waals surface area contributed by atoms with Crippen LogP contribution in [0.5, 0.6) is 0 Å². The summed E-state index contributed by atoms with van der Waals surface area (Å²) in [5.41, 5.74) is 2.95. The summed E-state index contributed by atoms with van der Waals surface area (Å²) in [6.07, 6.45) is -0.949. The first-order chi connectivity index (χ1) is 13.7. The Balaban J connectivity index is 1.68. The van der Waals surface area contributed by atoms with E-state index in [0.29, 0.717) is 37.0 Å². The Labute approximate surface area is 177 Å². The van der Waals surface area contributed by atoms with Crippen molar-refractivity contribution < 1.29 is 14.6 Å². The molecule has 0 unspecified atom stereocenters. The van der Waals surface area contributed by atoms with Gasteiger partial charge >= 0.3 is 6.09 Å². The number of nitrogens with zero attached hydrogens (tertiary/aromatic N) is 5. The molecule has 1 aliphatic heterocycles. The fourth-order valence-electron chi connectivity index (χ4n) is 3.30. The van der Waals surface area contributed by atoms with Crippen molar-refractivity contribution in [3.8, 4) is 11.5 Å². The van der Waals surface area contributed by atoms with Gasteiger partial charge in [0.05, 0.1) is 29.9 Å². The molecular weight excluding hydrogens is 456 g/mol. The van der Waals surface area contributed by atoms with Gasteiger partial charge in [0, 0.05) is 14.7 Å². The van der Waals surface area contributed by atoms with E-state index < -0.39 is 14.2 Å². The minimum Gasteiger partial charge on any atom is -0.465 e. The fraction of sp³-hybridized carbons (Fsp3) is 0.444. The predicted molar refractivity (Wildman–Crippen MR) is 114 cm³/mol. The van der Waals surface area contributed by atoms with E-state index in [0.717, 1.165) is 27.4 Å². The summed E-state index contributed by atoms with van der Waals surface area (Å²) in [5.74, 6) is 0.670. The fourth-order valence-corrected chi connectivity index (χ4v) is 4.36. The summed E-state index contributed by atoms with van der Waals surface area (Å²) >= 11 is 3.37. The van der Waals surface area contributed by atoms with Crippen LogP contribution in [0.2, 0.25) is 25.7 Å². The van der Waals surface area contributed by atoms with Crippen LogP contribution in [0.15, 0.2) is 16.7 Å². The lowest BCUT2D eigenvalue weighted by Crippen LogP contribution is -2.25. The number of rotatable bonds is 6. The smallest absolute Gasteiger partial charge is 0.408 e. The molecule has 4 rings (SSSR count). The summed E-state index contributed by atoms with van der Waals surface area (Å²) < 4.78 is 8.64. The molecule has 0 aliphatic carbocycles. The Hall–Kier alpha value is -2.24. The van der Waals surface area contributed by atoms with Crippen molar-refractivity contribution in [2.75, 3.05) is 6.61 Å². The number of nitrogens with one attached hydrogen (secondary N) is 1. The van der Waals surface area contributed by atoms with Crippen molar-refractivity contribution in [2.45, 2.75) is 45.5 Å². The van der Waals surface area contributed by atoms with E-state index in [-0.39, 0.29) is 6.54 Å². The lowest BCUT2D eigenvalue weighted by Gasteiger charge is -2.17. The number of pyridine rings is 1. The van der Waals surface area contributed by atoms with Gasteiger partial charge in [-0.3, -0.25) is 10.00 Å². The number of carboxylic acid groups (broad SMARTS) is 1. The summed E-state index contributed by atoms with van der Waals surface area (Å²) in [4.78, 5) is 21.9. The predicted octanol–water partition coefficient (Wildman–Crippen LogP) is 3.89. The average molecular weight is 479 g/mol. The largest absolute Gasteiger partial charge is 0.465 e. The molecule has 0 radical (unpaired) electrons. The van der Waals surface area contributed by atoms with Crippen LogP contribution in [-0.2, 0) is 24.6 Å². The number of fused-ring (bicyclic) bond motifs is 2. The van der Waals surface area contributed by atoms with Gasteiger partial charge in [0.15, 0.2) is 11.5 Å². The molecule has 0 spiro atoms. The minimum atomic E-state index is -1.20. The maximum atomic E-state index is 11.4. The van der Waals surface area contributed by atoms with E-state index in [9.17, 15) is 9.90 Å². The molecule has 2 N–H and O–H groups in total. The van der Waals surface area contributed by atoms with Crippen molar-refractivity contribution in [1.29, 1.82) is 0 Å². The zero-order valence-electron chi connectivity index (χ0n) is 16.6. The van der Waals surface area contributed by atoms with Gasteiger partial charge in [-0.25, -0.2) is 14.8 Å². The second-order valence-corrected chi connectivity index (χ2v) is 14.8. The van der Waals surface area contributed by atoms with E-state index in [1.807, 2.05) is 16.7 Å². The summed E-state index contributed by atoms with van der Waals surface area (Å²) in [6, 6.07) is 4.85. The molecule has 0 saturated heterocycles. The van der Waals surface area contributed by atoms with E-state index in [1.54, 1.807) is 0 Å². The Bertz CT molecular complexity index is 1070. The third kappa shape index (κ3) is 4.07. The first-order valence-electron chi connectivity index (χ1n) is 9.38. The maximum Gasteiger partial charge on any atom is 0.408 e. The number of imidazole rings is 1. The van der Waals surface area contributed by atoms with Crippen molar-refractivity contribution in [2.24, 2.45) is 0 Å². The van der Waals surface area contributed by atoms with Gasteiger partial charge in [0.25, 0.3) is 0 Å². The lowest BCUT2D eigenvalue weighted by molar-refractivity contribution is 0.0849. The van der Waals surface area contributed by atoms with Crippen LogP contribution < -0.4 is 0 Å². The van der Waals surface area contributed by atoms with Gasteiger partial charge in [0.1, 0.15) is 17.0 Å². The molecule has 0 atom stereocenters. The standard InChI is InChI=1S/C18H23BrN6O3Si/c1-29(2,3)7-6-28-10-25-13-9-24(18(26)27)8-12(13)20-17(25)15-11-4-5-14(19)21-16(11)23-22-15/h4-5H,6-10H2,1-3H3,(H,26,27)(H,21,22,23). The Morgan fingerprint density at radius 3 is 2.83 bits per heavy atom. The highest BCUT2D eigenvalue weighted by atomic mass is 79.9. The number of hydrogen-bond donors (Lipinski definition) is 2. The van der Waals surface area contributed by atoms with Crippen molar-refractivity contribution in [3.63, 3.8) is 0 Å². The SMILES string of the molecule is C[Si](C)(C)CCOCn1c(-c2n[nH]c3nc(Br)ccc23)nc2c1CN(C(=O)O)C2. The summed E-state index contributed by atoms with van der Waals surface area (Å²) in [7, 11) is -1.20. The molecule has 3 aromatic rings. The lowest BCUT2D eigenvalue weighted by atomic mass is 10.2. The molecule has 1 aliphatic rings. The monoisotopic (exact) mass is 478 g/mol. The van der Waals surface area contributed by atoms with Crippen LogP contribution in [0.1, 0.15) is 11.4 Å². The maximum absolute atomic E-state index is 11.4. The molecular formula is C18H23BrN6O3Si. The average Bonchev–Trinajstić information content (AvgIpc) is 3.30. The van der Waals surface area contributed by atoms with Crippen LogP contribution in [-0.4, -0.2) is 55.5 Å². The molecule has 0 aromatic carbocycles. The topological polar surface area (TPSA) is 109 Å². The third-order valence-corrected chi connectivity index (χ3v) is 7.07. The third-order valence-electron chi connectivity index (χ3n) is 4.93. The van der Waals surface area contributed by atoms with Gasteiger partial charge in [-0.15, -0.1) is 0 Å². The van der Waals surface area contributed by atoms with E-state index in [4.69, 9.17) is 9.72 Å². The van der Waals surface area contributed by atoms with Crippen molar-refractivity contribution in [3.05, 3.63) is 28.1 Å². The van der Waals surface area contributed by atoms with Gasteiger partial charge < -0.3 is 14.4 Å². The number of hydrogen-bond acceptors (Lipinski definition) is 5. The van der Waals surface area contributed by atoms with E-state index >= 15 is 0 Å². The van der Waals surface area contributed by atoms with Crippen LogP contribution in [0.25, 0.3) is 22.6 Å². The normalized spacial score (nSPS) is 14.0. The molecule has 3 aromatic heterocycles. The first-order valence-corrected chi connectivity index (χ1v) is 13.9. The van der Waals surface area contributed by atoms with Crippen LogP contribution >= 0.6 is 15.9 Å². The first kappa shape index (κ1) is 20.0. The highest BCUT2D eigenvalue weighted by molar-refractivity contribution is 9.10. The highest BCUT2D eigenvalue weighted by Gasteiger charge is 2.31. The molecule has 0 bridgehead atoms. The molecule has 4 heterocycles. The van der Waals surface area contributed by atoms with Crippen molar-refractivity contribution >= 4 is 41.1 Å². The Morgan fingerprint density at radius 1 is 1.31 bits per heavy atom. The number of carbonyl (C=O) groups is 1. The Kier molecular flexibility index (Phi) is 5.21. The van der Waals surface area contributed by atoms with E-state index in [2.05, 4.69) is 50.8 Å². The van der Waals surface area contributed by atoms with Crippen LogP contribution in [0.3, 0.4) is 0 Å². The van der Waals surface area contributed by atoms with Crippen LogP contribution in [0.4, 0.5) is 4.79 Å². The number of amides is 1. The molecule has 0 saturated carbocycles. The molecule has 29 heavy (non-hydrogen) atoms. The number of halogens is 1. The second-order valence-electron chi connectivity index (χ2n) is 8.35. The quantitative estimate of drug-likeness (QED) is 0.316. The van der Waals surface area contributed by atoms with Crippen molar-refractivity contribution in [1.82, 2.24) is 29.6 Å². The number of H-pyrrole nitrogens is 1.